The summed E-state index contributed by atoms with van der Waals surface area (Å²) in [5.74, 6) is 0.610. The van der Waals surface area contributed by atoms with Gasteiger partial charge in [0, 0.05) is 39.9 Å². The molecule has 2 rings (SSSR count). The van der Waals surface area contributed by atoms with Crippen molar-refractivity contribution in [3.8, 4) is 0 Å². The van der Waals surface area contributed by atoms with Crippen LogP contribution in [0.5, 0.6) is 0 Å². The van der Waals surface area contributed by atoms with Crippen molar-refractivity contribution < 1.29 is 4.39 Å². The van der Waals surface area contributed by atoms with Crippen molar-refractivity contribution in [2.45, 2.75) is 26.4 Å². The minimum absolute atomic E-state index is 0. The van der Waals surface area contributed by atoms with Crippen LogP contribution in [0.25, 0.3) is 0 Å². The van der Waals surface area contributed by atoms with E-state index >= 15 is 0 Å². The highest BCUT2D eigenvalue weighted by molar-refractivity contribution is 14.0. The predicted molar refractivity (Wildman–Crippen MR) is 106 cm³/mol. The minimum Gasteiger partial charge on any atom is -0.356 e. The Morgan fingerprint density at radius 1 is 1.33 bits per heavy atom. The first-order chi connectivity index (χ1) is 11.1. The van der Waals surface area contributed by atoms with Crippen LogP contribution in [0.1, 0.15) is 17.5 Å². The van der Waals surface area contributed by atoms with Gasteiger partial charge in [-0.3, -0.25) is 9.67 Å². The molecule has 24 heavy (non-hydrogen) atoms. The third kappa shape index (κ3) is 6.46. The van der Waals surface area contributed by atoms with Gasteiger partial charge in [-0.1, -0.05) is 12.1 Å². The summed E-state index contributed by atoms with van der Waals surface area (Å²) in [5, 5.41) is 7.61. The van der Waals surface area contributed by atoms with Gasteiger partial charge in [-0.05, 0) is 36.6 Å². The number of benzene rings is 1. The minimum atomic E-state index is -0.215. The molecule has 0 amide bonds. The van der Waals surface area contributed by atoms with E-state index in [1.165, 1.54) is 17.7 Å². The lowest BCUT2D eigenvalue weighted by Gasteiger charge is -2.22. The maximum absolute atomic E-state index is 12.9. The van der Waals surface area contributed by atoms with Gasteiger partial charge in [-0.15, -0.1) is 24.0 Å². The predicted octanol–water partition coefficient (Wildman–Crippen LogP) is 3.05. The van der Waals surface area contributed by atoms with Gasteiger partial charge in [0.25, 0.3) is 0 Å². The molecule has 0 fully saturated rings. The summed E-state index contributed by atoms with van der Waals surface area (Å²) in [4.78, 5) is 6.30. The Hall–Kier alpha value is -1.64. The molecule has 0 unspecified atom stereocenters. The van der Waals surface area contributed by atoms with Gasteiger partial charge < -0.3 is 10.2 Å². The molecule has 1 heterocycles. The molecule has 2 aromatic rings. The van der Waals surface area contributed by atoms with Gasteiger partial charge in [-0.25, -0.2) is 4.39 Å². The molecular weight excluding hydrogens is 420 g/mol. The number of aryl methyl sites for hydroxylation is 2. The van der Waals surface area contributed by atoms with Gasteiger partial charge in [0.1, 0.15) is 5.82 Å². The molecule has 0 aliphatic rings. The zero-order chi connectivity index (χ0) is 16.7. The Labute approximate surface area is 160 Å². The van der Waals surface area contributed by atoms with Crippen LogP contribution in [-0.4, -0.2) is 41.3 Å². The SMILES string of the molecule is CN=C(NCCCn1cc(C)cn1)N(C)Cc1ccc(F)cc1.I. The number of hydrogen-bond donors (Lipinski definition) is 1. The Morgan fingerprint density at radius 2 is 2.04 bits per heavy atom. The lowest BCUT2D eigenvalue weighted by atomic mass is 10.2. The average Bonchev–Trinajstić information content (AvgIpc) is 2.95. The standard InChI is InChI=1S/C17H24FN5.HI/c1-14-11-21-23(12-14)10-4-9-20-17(19-2)22(3)13-15-5-7-16(18)8-6-15;/h5-8,11-12H,4,9-10,13H2,1-3H3,(H,19,20);1H. The first kappa shape index (κ1) is 20.4. The first-order valence-corrected chi connectivity index (χ1v) is 7.74. The fourth-order valence-electron chi connectivity index (χ4n) is 2.35. The van der Waals surface area contributed by atoms with Crippen molar-refractivity contribution in [2.24, 2.45) is 4.99 Å². The van der Waals surface area contributed by atoms with E-state index in [1.807, 2.05) is 35.9 Å². The van der Waals surface area contributed by atoms with E-state index in [0.717, 1.165) is 31.0 Å². The lowest BCUT2D eigenvalue weighted by Crippen LogP contribution is -2.39. The smallest absolute Gasteiger partial charge is 0.193 e. The summed E-state index contributed by atoms with van der Waals surface area (Å²) in [6, 6.07) is 6.54. The van der Waals surface area contributed by atoms with Crippen molar-refractivity contribution in [2.75, 3.05) is 20.6 Å². The van der Waals surface area contributed by atoms with Gasteiger partial charge >= 0.3 is 0 Å². The van der Waals surface area contributed by atoms with Crippen molar-refractivity contribution >= 4 is 29.9 Å². The van der Waals surface area contributed by atoms with Crippen LogP contribution in [0.2, 0.25) is 0 Å². The number of hydrogen-bond acceptors (Lipinski definition) is 2. The maximum Gasteiger partial charge on any atom is 0.193 e. The van der Waals surface area contributed by atoms with Crippen LogP contribution in [0.15, 0.2) is 41.7 Å². The highest BCUT2D eigenvalue weighted by atomic mass is 127. The van der Waals surface area contributed by atoms with E-state index in [4.69, 9.17) is 0 Å². The molecule has 0 aliphatic carbocycles. The topological polar surface area (TPSA) is 45.5 Å². The quantitative estimate of drug-likeness (QED) is 0.322. The van der Waals surface area contributed by atoms with Gasteiger partial charge in [-0.2, -0.15) is 5.10 Å². The molecule has 132 valence electrons. The van der Waals surface area contributed by atoms with E-state index < -0.39 is 0 Å². The van der Waals surface area contributed by atoms with Gasteiger partial charge in [0.15, 0.2) is 5.96 Å². The highest BCUT2D eigenvalue weighted by Gasteiger charge is 2.06. The second kappa shape index (κ2) is 10.3. The fraction of sp³-hybridized carbons (Fsp3) is 0.412. The Morgan fingerprint density at radius 3 is 2.62 bits per heavy atom. The summed E-state index contributed by atoms with van der Waals surface area (Å²) in [5.41, 5.74) is 2.22. The largest absolute Gasteiger partial charge is 0.356 e. The van der Waals surface area contributed by atoms with Crippen molar-refractivity contribution in [3.05, 3.63) is 53.6 Å². The van der Waals surface area contributed by atoms with Gasteiger partial charge in [0.2, 0.25) is 0 Å². The molecule has 0 aliphatic heterocycles. The summed E-state index contributed by atoms with van der Waals surface area (Å²) in [6.45, 7) is 4.41. The monoisotopic (exact) mass is 445 g/mol. The molecule has 0 saturated heterocycles. The van der Waals surface area contributed by atoms with Crippen LogP contribution in [0.4, 0.5) is 4.39 Å². The molecule has 0 atom stereocenters. The maximum atomic E-state index is 12.9. The molecule has 0 saturated carbocycles. The van der Waals surface area contributed by atoms with Crippen molar-refractivity contribution in [3.63, 3.8) is 0 Å². The second-order valence-corrected chi connectivity index (χ2v) is 5.59. The van der Waals surface area contributed by atoms with Crippen LogP contribution < -0.4 is 5.32 Å². The Bertz CT molecular complexity index is 639. The van der Waals surface area contributed by atoms with Crippen LogP contribution in [0, 0.1) is 12.7 Å². The summed E-state index contributed by atoms with van der Waals surface area (Å²) in [7, 11) is 3.73. The molecule has 5 nitrogen and oxygen atoms in total. The van der Waals surface area contributed by atoms with Crippen LogP contribution in [0.3, 0.4) is 0 Å². The molecule has 1 aromatic heterocycles. The summed E-state index contributed by atoms with van der Waals surface area (Å²) < 4.78 is 14.9. The number of guanidine groups is 1. The number of nitrogens with zero attached hydrogens (tertiary/aromatic N) is 4. The Kier molecular flexibility index (Phi) is 8.73. The summed E-state index contributed by atoms with van der Waals surface area (Å²) in [6.07, 6.45) is 4.86. The number of halogens is 2. The molecular formula is C17H25FIN5. The fourth-order valence-corrected chi connectivity index (χ4v) is 2.35. The third-order valence-corrected chi connectivity index (χ3v) is 3.52. The number of aliphatic imine (C=N–C) groups is 1. The zero-order valence-electron chi connectivity index (χ0n) is 14.4. The first-order valence-electron chi connectivity index (χ1n) is 7.74. The third-order valence-electron chi connectivity index (χ3n) is 3.52. The number of aromatic nitrogens is 2. The van der Waals surface area contributed by atoms with Crippen molar-refractivity contribution in [1.82, 2.24) is 20.0 Å². The lowest BCUT2D eigenvalue weighted by molar-refractivity contribution is 0.470. The second-order valence-electron chi connectivity index (χ2n) is 5.59. The van der Waals surface area contributed by atoms with E-state index in [2.05, 4.69) is 15.4 Å². The number of nitrogens with one attached hydrogen (secondary N) is 1. The highest BCUT2D eigenvalue weighted by Crippen LogP contribution is 2.05. The summed E-state index contributed by atoms with van der Waals surface area (Å²) >= 11 is 0. The molecule has 7 heteroatoms. The zero-order valence-corrected chi connectivity index (χ0v) is 16.7. The molecule has 1 aromatic carbocycles. The van der Waals surface area contributed by atoms with E-state index in [-0.39, 0.29) is 29.8 Å². The normalized spacial score (nSPS) is 11.1. The van der Waals surface area contributed by atoms with Gasteiger partial charge in [0.05, 0.1) is 6.20 Å². The van der Waals surface area contributed by atoms with E-state index in [0.29, 0.717) is 6.54 Å². The van der Waals surface area contributed by atoms with E-state index in [9.17, 15) is 4.39 Å². The Balaban J connectivity index is 0.00000288. The molecule has 0 radical (unpaired) electrons. The van der Waals surface area contributed by atoms with Crippen molar-refractivity contribution in [1.29, 1.82) is 0 Å². The van der Waals surface area contributed by atoms with Crippen LogP contribution >= 0.6 is 24.0 Å². The molecule has 0 spiro atoms. The van der Waals surface area contributed by atoms with E-state index in [1.54, 1.807) is 19.2 Å². The average molecular weight is 445 g/mol. The molecule has 0 bridgehead atoms. The molecule has 1 N–H and O–H groups in total. The number of rotatable bonds is 6. The van der Waals surface area contributed by atoms with Crippen LogP contribution in [-0.2, 0) is 13.1 Å².